The number of allylic oxidation sites excluding steroid dienone is 7. The van der Waals surface area contributed by atoms with Gasteiger partial charge in [0, 0.05) is 10.8 Å². The maximum absolute atomic E-state index is 11.6. The van der Waals surface area contributed by atoms with E-state index in [2.05, 4.69) is 37.8 Å². The van der Waals surface area contributed by atoms with E-state index in [-0.39, 0.29) is 10.8 Å². The third-order valence-electron chi connectivity index (χ3n) is 5.90. The van der Waals surface area contributed by atoms with Crippen molar-refractivity contribution in [3.8, 4) is 0 Å². The first-order valence-electron chi connectivity index (χ1n) is 8.31. The van der Waals surface area contributed by atoms with Crippen molar-refractivity contribution >= 4 is 6.29 Å². The second kappa shape index (κ2) is 5.44. The minimum Gasteiger partial charge on any atom is -0.303 e. The Labute approximate surface area is 128 Å². The van der Waals surface area contributed by atoms with Crippen molar-refractivity contribution in [1.82, 2.24) is 0 Å². The quantitative estimate of drug-likeness (QED) is 0.364. The molecule has 0 radical (unpaired) electrons. The summed E-state index contributed by atoms with van der Waals surface area (Å²) in [5.74, 6) is 1.63. The van der Waals surface area contributed by atoms with E-state index in [1.807, 2.05) is 12.2 Å². The van der Waals surface area contributed by atoms with E-state index in [9.17, 15) is 4.79 Å². The molecule has 2 fully saturated rings. The lowest BCUT2D eigenvalue weighted by atomic mass is 9.85. The Morgan fingerprint density at radius 2 is 2.24 bits per heavy atom. The van der Waals surface area contributed by atoms with Gasteiger partial charge in [0.25, 0.3) is 0 Å². The van der Waals surface area contributed by atoms with Crippen LogP contribution in [0.4, 0.5) is 0 Å². The molecule has 4 atom stereocenters. The van der Waals surface area contributed by atoms with E-state index in [1.165, 1.54) is 12.7 Å². The zero-order valence-corrected chi connectivity index (χ0v) is 13.1. The van der Waals surface area contributed by atoms with E-state index in [0.717, 1.165) is 43.9 Å². The largest absolute Gasteiger partial charge is 0.303 e. The predicted molar refractivity (Wildman–Crippen MR) is 87.8 cm³/mol. The molecule has 3 rings (SSSR count). The summed E-state index contributed by atoms with van der Waals surface area (Å²) in [5, 5.41) is 0. The molecule has 0 N–H and O–H groups in total. The fraction of sp³-hybridized carbons (Fsp3) is 0.550. The first-order chi connectivity index (χ1) is 10.2. The Morgan fingerprint density at radius 1 is 1.38 bits per heavy atom. The molecule has 0 bridgehead atoms. The Hall–Kier alpha value is -1.37. The lowest BCUT2D eigenvalue weighted by Gasteiger charge is -2.18. The summed E-state index contributed by atoms with van der Waals surface area (Å²) in [6.45, 7) is 5.91. The molecule has 0 saturated heterocycles. The SMILES string of the molecule is C=C/C=C\C1(CCC2=CC3CC3C=CC2)CC1(C=O)CC. The highest BCUT2D eigenvalue weighted by atomic mass is 16.1. The average Bonchev–Trinajstić information content (AvgIpc) is 3.36. The Kier molecular flexibility index (Phi) is 3.77. The maximum Gasteiger partial charge on any atom is 0.127 e. The van der Waals surface area contributed by atoms with E-state index in [0.29, 0.717) is 0 Å². The van der Waals surface area contributed by atoms with Gasteiger partial charge in [-0.1, -0.05) is 55.5 Å². The van der Waals surface area contributed by atoms with Gasteiger partial charge in [0.05, 0.1) is 0 Å². The Balaban J connectivity index is 1.69. The minimum absolute atomic E-state index is 0.0809. The van der Waals surface area contributed by atoms with Crippen molar-refractivity contribution in [2.24, 2.45) is 22.7 Å². The molecule has 0 aromatic rings. The summed E-state index contributed by atoms with van der Waals surface area (Å²) >= 11 is 0. The van der Waals surface area contributed by atoms with Gasteiger partial charge >= 0.3 is 0 Å². The van der Waals surface area contributed by atoms with Gasteiger partial charge in [-0.3, -0.25) is 0 Å². The van der Waals surface area contributed by atoms with Crippen LogP contribution in [0.1, 0.15) is 45.4 Å². The molecule has 0 aromatic heterocycles. The van der Waals surface area contributed by atoms with Crippen molar-refractivity contribution in [1.29, 1.82) is 0 Å². The van der Waals surface area contributed by atoms with Crippen LogP contribution in [0.2, 0.25) is 0 Å². The molecule has 112 valence electrons. The Morgan fingerprint density at radius 3 is 2.90 bits per heavy atom. The number of carbonyl (C=O) groups excluding carboxylic acids is 1. The highest BCUT2D eigenvalue weighted by Gasteiger charge is 2.64. The average molecular weight is 282 g/mol. The molecular formula is C20H26O. The highest BCUT2D eigenvalue weighted by molar-refractivity contribution is 5.68. The molecule has 3 aliphatic rings. The third-order valence-corrected chi connectivity index (χ3v) is 5.90. The van der Waals surface area contributed by atoms with Crippen LogP contribution in [0.15, 0.2) is 48.6 Å². The third kappa shape index (κ3) is 2.59. The molecule has 0 amide bonds. The predicted octanol–water partition coefficient (Wildman–Crippen LogP) is 5.02. The van der Waals surface area contributed by atoms with Crippen molar-refractivity contribution in [3.05, 3.63) is 48.6 Å². The minimum atomic E-state index is -0.115. The molecule has 0 spiro atoms. The molecule has 1 heteroatoms. The zero-order valence-electron chi connectivity index (χ0n) is 13.1. The number of carbonyl (C=O) groups is 1. The lowest BCUT2D eigenvalue weighted by Crippen LogP contribution is -2.13. The molecule has 0 heterocycles. The maximum atomic E-state index is 11.6. The molecule has 0 aliphatic heterocycles. The number of hydrogen-bond donors (Lipinski definition) is 0. The smallest absolute Gasteiger partial charge is 0.127 e. The van der Waals surface area contributed by atoms with Gasteiger partial charge < -0.3 is 4.79 Å². The molecule has 2 saturated carbocycles. The van der Waals surface area contributed by atoms with Crippen LogP contribution in [0.3, 0.4) is 0 Å². The Bertz CT molecular complexity index is 524. The summed E-state index contributed by atoms with van der Waals surface area (Å²) < 4.78 is 0. The normalized spacial score (nSPS) is 40.3. The standard InChI is InChI=1S/C20H26O/c1-3-5-10-20(14-19(20,4-2)15-21)11-9-16-7-6-8-17-13-18(17)12-16/h3,5-6,8,10,12,15,17-18H,1,4,7,9,11,13-14H2,2H3/b10-5-. The lowest BCUT2D eigenvalue weighted by molar-refractivity contribution is -0.113. The zero-order chi connectivity index (χ0) is 14.9. The van der Waals surface area contributed by atoms with Gasteiger partial charge in [0.15, 0.2) is 0 Å². The van der Waals surface area contributed by atoms with Crippen LogP contribution in [0.5, 0.6) is 0 Å². The van der Waals surface area contributed by atoms with Crippen molar-refractivity contribution in [2.45, 2.75) is 45.4 Å². The van der Waals surface area contributed by atoms with E-state index in [4.69, 9.17) is 0 Å². The molecular weight excluding hydrogens is 256 g/mol. The van der Waals surface area contributed by atoms with E-state index in [1.54, 1.807) is 5.57 Å². The van der Waals surface area contributed by atoms with E-state index >= 15 is 0 Å². The summed E-state index contributed by atoms with van der Waals surface area (Å²) in [4.78, 5) is 11.6. The monoisotopic (exact) mass is 282 g/mol. The second-order valence-electron chi connectivity index (χ2n) is 7.08. The summed E-state index contributed by atoms with van der Waals surface area (Å²) in [6, 6.07) is 0. The van der Waals surface area contributed by atoms with Crippen LogP contribution >= 0.6 is 0 Å². The van der Waals surface area contributed by atoms with E-state index < -0.39 is 0 Å². The van der Waals surface area contributed by atoms with Crippen molar-refractivity contribution in [3.63, 3.8) is 0 Å². The van der Waals surface area contributed by atoms with Crippen LogP contribution in [0, 0.1) is 22.7 Å². The molecule has 21 heavy (non-hydrogen) atoms. The summed E-state index contributed by atoms with van der Waals surface area (Å²) in [5.41, 5.74) is 1.54. The number of hydrogen-bond acceptors (Lipinski definition) is 1. The van der Waals surface area contributed by atoms with Gasteiger partial charge in [-0.05, 0) is 50.4 Å². The van der Waals surface area contributed by atoms with Gasteiger partial charge in [0.1, 0.15) is 6.29 Å². The topological polar surface area (TPSA) is 17.1 Å². The fourth-order valence-corrected chi connectivity index (χ4v) is 4.12. The van der Waals surface area contributed by atoms with Crippen LogP contribution < -0.4 is 0 Å². The number of rotatable bonds is 7. The van der Waals surface area contributed by atoms with Crippen molar-refractivity contribution < 1.29 is 4.79 Å². The van der Waals surface area contributed by atoms with Gasteiger partial charge in [-0.15, -0.1) is 0 Å². The number of aldehydes is 1. The van der Waals surface area contributed by atoms with Gasteiger partial charge in [-0.25, -0.2) is 0 Å². The van der Waals surface area contributed by atoms with Crippen LogP contribution in [-0.4, -0.2) is 6.29 Å². The first-order valence-corrected chi connectivity index (χ1v) is 8.31. The second-order valence-corrected chi connectivity index (χ2v) is 7.08. The molecule has 1 nitrogen and oxygen atoms in total. The first kappa shape index (κ1) is 14.6. The highest BCUT2D eigenvalue weighted by Crippen LogP contribution is 2.68. The summed E-state index contributed by atoms with van der Waals surface area (Å²) in [7, 11) is 0. The van der Waals surface area contributed by atoms with Gasteiger partial charge in [-0.2, -0.15) is 0 Å². The van der Waals surface area contributed by atoms with Crippen LogP contribution in [0.25, 0.3) is 0 Å². The fourth-order valence-electron chi connectivity index (χ4n) is 4.12. The number of fused-ring (bicyclic) bond motifs is 1. The van der Waals surface area contributed by atoms with Gasteiger partial charge in [0.2, 0.25) is 0 Å². The summed E-state index contributed by atoms with van der Waals surface area (Å²) in [6.07, 6.45) is 21.2. The van der Waals surface area contributed by atoms with Crippen molar-refractivity contribution in [2.75, 3.05) is 0 Å². The molecule has 3 aliphatic carbocycles. The van der Waals surface area contributed by atoms with Crippen LogP contribution in [-0.2, 0) is 4.79 Å². The molecule has 4 unspecified atom stereocenters. The molecule has 0 aromatic carbocycles.